The van der Waals surface area contributed by atoms with Crippen molar-refractivity contribution in [2.75, 3.05) is 19.6 Å². The number of piperidine rings is 1. The molecule has 1 saturated heterocycles. The molecule has 1 aliphatic heterocycles. The number of hydrogen-bond donors (Lipinski definition) is 1. The fourth-order valence-electron chi connectivity index (χ4n) is 2.49. The number of rotatable bonds is 4. The minimum atomic E-state index is -0.251. The number of likely N-dealkylation sites (tertiary alicyclic amines) is 1. The van der Waals surface area contributed by atoms with E-state index in [1.807, 2.05) is 6.92 Å². The van der Waals surface area contributed by atoms with Crippen molar-refractivity contribution < 1.29 is 9.18 Å². The SMILES string of the molecule is Cc1cc(F)ccc1CC(=O)CN1CCC(N)CC1. The minimum absolute atomic E-state index is 0.185. The van der Waals surface area contributed by atoms with Crippen molar-refractivity contribution in [3.05, 3.63) is 35.1 Å². The summed E-state index contributed by atoms with van der Waals surface area (Å²) < 4.78 is 13.0. The predicted molar refractivity (Wildman–Crippen MR) is 73.5 cm³/mol. The smallest absolute Gasteiger partial charge is 0.151 e. The summed E-state index contributed by atoms with van der Waals surface area (Å²) in [6.45, 7) is 4.11. The number of nitrogens with two attached hydrogens (primary N) is 1. The van der Waals surface area contributed by atoms with E-state index in [4.69, 9.17) is 5.73 Å². The number of Topliss-reactive ketones (excluding diaryl/α,β-unsaturated/α-hetero) is 1. The summed E-state index contributed by atoms with van der Waals surface area (Å²) in [5, 5.41) is 0. The number of benzene rings is 1. The van der Waals surface area contributed by atoms with Crippen LogP contribution in [0.1, 0.15) is 24.0 Å². The number of nitrogens with zero attached hydrogens (tertiary/aromatic N) is 1. The van der Waals surface area contributed by atoms with Gasteiger partial charge < -0.3 is 5.73 Å². The number of aryl methyl sites for hydroxylation is 1. The van der Waals surface area contributed by atoms with Crippen LogP contribution in [0.2, 0.25) is 0 Å². The van der Waals surface area contributed by atoms with E-state index in [2.05, 4.69) is 4.90 Å². The zero-order valence-corrected chi connectivity index (χ0v) is 11.4. The van der Waals surface area contributed by atoms with Gasteiger partial charge in [0.1, 0.15) is 5.82 Å². The van der Waals surface area contributed by atoms with Gasteiger partial charge in [-0.3, -0.25) is 9.69 Å². The van der Waals surface area contributed by atoms with E-state index in [1.165, 1.54) is 12.1 Å². The van der Waals surface area contributed by atoms with Gasteiger partial charge in [0.2, 0.25) is 0 Å². The standard InChI is InChI=1S/C15H21FN2O/c1-11-8-13(16)3-2-12(11)9-15(19)10-18-6-4-14(17)5-7-18/h2-3,8,14H,4-7,9-10,17H2,1H3. The highest BCUT2D eigenvalue weighted by Gasteiger charge is 2.18. The molecule has 0 aromatic heterocycles. The number of halogens is 1. The molecule has 0 bridgehead atoms. The number of carbonyl (C=O) groups excluding carboxylic acids is 1. The Balaban J connectivity index is 1.87. The molecule has 0 saturated carbocycles. The molecular formula is C15H21FN2O. The third kappa shape index (κ3) is 4.11. The van der Waals surface area contributed by atoms with Crippen molar-refractivity contribution in [1.29, 1.82) is 0 Å². The second kappa shape index (κ2) is 6.26. The lowest BCUT2D eigenvalue weighted by Gasteiger charge is -2.29. The Morgan fingerprint density at radius 2 is 2.11 bits per heavy atom. The molecule has 1 aromatic rings. The Bertz CT molecular complexity index is 453. The van der Waals surface area contributed by atoms with E-state index in [0.29, 0.717) is 13.0 Å². The quantitative estimate of drug-likeness (QED) is 0.900. The fourth-order valence-corrected chi connectivity index (χ4v) is 2.49. The highest BCUT2D eigenvalue weighted by molar-refractivity contribution is 5.83. The summed E-state index contributed by atoms with van der Waals surface area (Å²) in [6.07, 6.45) is 2.31. The molecule has 0 atom stereocenters. The number of ketones is 1. The summed E-state index contributed by atoms with van der Waals surface area (Å²) in [7, 11) is 0. The lowest BCUT2D eigenvalue weighted by Crippen LogP contribution is -2.42. The molecule has 4 heteroatoms. The topological polar surface area (TPSA) is 46.3 Å². The van der Waals surface area contributed by atoms with Gasteiger partial charge in [0.05, 0.1) is 6.54 Å². The maximum absolute atomic E-state index is 13.0. The van der Waals surface area contributed by atoms with Crippen molar-refractivity contribution in [2.45, 2.75) is 32.2 Å². The molecule has 19 heavy (non-hydrogen) atoms. The van der Waals surface area contributed by atoms with E-state index in [0.717, 1.165) is 37.1 Å². The van der Waals surface area contributed by atoms with Crippen LogP contribution in [0, 0.1) is 12.7 Å². The van der Waals surface area contributed by atoms with Crippen LogP contribution in [-0.2, 0) is 11.2 Å². The molecule has 0 radical (unpaired) electrons. The molecule has 1 fully saturated rings. The van der Waals surface area contributed by atoms with E-state index < -0.39 is 0 Å². The molecule has 1 heterocycles. The van der Waals surface area contributed by atoms with Gasteiger partial charge in [-0.05, 0) is 43.0 Å². The Morgan fingerprint density at radius 1 is 1.42 bits per heavy atom. The molecule has 1 aromatic carbocycles. The molecule has 0 amide bonds. The van der Waals surface area contributed by atoms with Crippen molar-refractivity contribution in [2.24, 2.45) is 5.73 Å². The molecule has 104 valence electrons. The predicted octanol–water partition coefficient (Wildman–Crippen LogP) is 1.67. The number of hydrogen-bond acceptors (Lipinski definition) is 3. The van der Waals surface area contributed by atoms with Gasteiger partial charge in [-0.25, -0.2) is 4.39 Å². The van der Waals surface area contributed by atoms with Crippen LogP contribution in [0.5, 0.6) is 0 Å². The van der Waals surface area contributed by atoms with Crippen LogP contribution in [-0.4, -0.2) is 36.4 Å². The maximum Gasteiger partial charge on any atom is 0.151 e. The minimum Gasteiger partial charge on any atom is -0.328 e. The molecule has 3 nitrogen and oxygen atoms in total. The van der Waals surface area contributed by atoms with Crippen LogP contribution in [0.4, 0.5) is 4.39 Å². The van der Waals surface area contributed by atoms with Crippen LogP contribution in [0.3, 0.4) is 0 Å². The largest absolute Gasteiger partial charge is 0.328 e. The Labute approximate surface area is 113 Å². The van der Waals surface area contributed by atoms with Crippen LogP contribution in [0.25, 0.3) is 0 Å². The monoisotopic (exact) mass is 264 g/mol. The van der Waals surface area contributed by atoms with E-state index in [-0.39, 0.29) is 17.6 Å². The number of carbonyl (C=O) groups is 1. The van der Waals surface area contributed by atoms with Crippen LogP contribution >= 0.6 is 0 Å². The van der Waals surface area contributed by atoms with E-state index in [1.54, 1.807) is 6.07 Å². The van der Waals surface area contributed by atoms with Gasteiger partial charge in [0.15, 0.2) is 5.78 Å². The highest BCUT2D eigenvalue weighted by atomic mass is 19.1. The molecular weight excluding hydrogens is 243 g/mol. The van der Waals surface area contributed by atoms with Crippen molar-refractivity contribution in [1.82, 2.24) is 4.90 Å². The second-order valence-electron chi connectivity index (χ2n) is 5.40. The maximum atomic E-state index is 13.0. The average molecular weight is 264 g/mol. The van der Waals surface area contributed by atoms with Gasteiger partial charge in [0.25, 0.3) is 0 Å². The second-order valence-corrected chi connectivity index (χ2v) is 5.40. The molecule has 2 rings (SSSR count). The summed E-state index contributed by atoms with van der Waals surface area (Å²) in [5.74, 6) is -0.0658. The molecule has 2 N–H and O–H groups in total. The van der Waals surface area contributed by atoms with Crippen molar-refractivity contribution in [3.63, 3.8) is 0 Å². The molecule has 0 unspecified atom stereocenters. The average Bonchev–Trinajstić information content (AvgIpc) is 2.36. The fraction of sp³-hybridized carbons (Fsp3) is 0.533. The first-order chi connectivity index (χ1) is 9.04. The summed E-state index contributed by atoms with van der Waals surface area (Å²) in [6, 6.07) is 4.87. The third-order valence-electron chi connectivity index (χ3n) is 3.72. The first-order valence-corrected chi connectivity index (χ1v) is 6.79. The van der Waals surface area contributed by atoms with Crippen molar-refractivity contribution in [3.8, 4) is 0 Å². The first kappa shape index (κ1) is 14.2. The molecule has 0 aliphatic carbocycles. The first-order valence-electron chi connectivity index (χ1n) is 6.79. The highest BCUT2D eigenvalue weighted by Crippen LogP contribution is 2.12. The van der Waals surface area contributed by atoms with Gasteiger partial charge in [-0.15, -0.1) is 0 Å². The summed E-state index contributed by atoms with van der Waals surface area (Å²) in [4.78, 5) is 14.2. The van der Waals surface area contributed by atoms with E-state index in [9.17, 15) is 9.18 Å². The molecule has 0 spiro atoms. The zero-order valence-electron chi connectivity index (χ0n) is 11.4. The third-order valence-corrected chi connectivity index (χ3v) is 3.72. The Hall–Kier alpha value is -1.26. The van der Waals surface area contributed by atoms with Crippen LogP contribution < -0.4 is 5.73 Å². The molecule has 1 aliphatic rings. The van der Waals surface area contributed by atoms with Gasteiger partial charge in [-0.2, -0.15) is 0 Å². The Kier molecular flexibility index (Phi) is 4.66. The van der Waals surface area contributed by atoms with Crippen molar-refractivity contribution >= 4 is 5.78 Å². The summed E-state index contributed by atoms with van der Waals surface area (Å²) in [5.41, 5.74) is 7.60. The van der Waals surface area contributed by atoms with Crippen LogP contribution in [0.15, 0.2) is 18.2 Å². The van der Waals surface area contributed by atoms with Gasteiger partial charge >= 0.3 is 0 Å². The van der Waals surface area contributed by atoms with Gasteiger partial charge in [0, 0.05) is 25.6 Å². The lowest BCUT2D eigenvalue weighted by molar-refractivity contribution is -0.119. The Morgan fingerprint density at radius 3 is 2.74 bits per heavy atom. The normalized spacial score (nSPS) is 17.6. The lowest BCUT2D eigenvalue weighted by atomic mass is 10.0. The zero-order chi connectivity index (χ0) is 13.8. The van der Waals surface area contributed by atoms with E-state index >= 15 is 0 Å². The van der Waals surface area contributed by atoms with Gasteiger partial charge in [-0.1, -0.05) is 6.07 Å². The summed E-state index contributed by atoms with van der Waals surface area (Å²) >= 11 is 0.